The number of carbonyl (C=O) groups is 1. The predicted octanol–water partition coefficient (Wildman–Crippen LogP) is 2.95. The molecule has 1 aliphatic rings. The predicted molar refractivity (Wildman–Crippen MR) is 92.6 cm³/mol. The third-order valence-electron chi connectivity index (χ3n) is 4.47. The van der Waals surface area contributed by atoms with E-state index in [0.29, 0.717) is 25.6 Å². The molecule has 1 fully saturated rings. The largest absolute Gasteiger partial charge is 0.468 e. The van der Waals surface area contributed by atoms with Crippen molar-refractivity contribution in [2.24, 2.45) is 0 Å². The fraction of sp³-hybridized carbons (Fsp3) is 0.500. The van der Waals surface area contributed by atoms with Crippen molar-refractivity contribution >= 4 is 11.7 Å². The average molecular weight is 341 g/mol. The van der Waals surface area contributed by atoms with E-state index < -0.39 is 0 Å². The lowest BCUT2D eigenvalue weighted by Gasteiger charge is -2.20. The van der Waals surface area contributed by atoms with Crippen molar-refractivity contribution in [3.05, 3.63) is 36.4 Å². The van der Waals surface area contributed by atoms with E-state index in [2.05, 4.69) is 16.5 Å². The van der Waals surface area contributed by atoms with Crippen LogP contribution in [0.15, 0.2) is 35.1 Å². The summed E-state index contributed by atoms with van der Waals surface area (Å²) in [6.07, 6.45) is 8.34. The second-order valence-electron chi connectivity index (χ2n) is 6.35. The molecule has 0 bridgehead atoms. The standard InChI is InChI=1S/C18H23N5O2/c19-9-4-11-22(13-16-7-3-12-25-16)14-18(24)21-17-8-10-20-23(17)15-5-1-2-6-15/h3,7-8,10,12,15H,1-2,4-6,11,13-14H2,(H,21,24). The van der Waals surface area contributed by atoms with E-state index in [4.69, 9.17) is 9.68 Å². The van der Waals surface area contributed by atoms with Gasteiger partial charge >= 0.3 is 0 Å². The van der Waals surface area contributed by atoms with E-state index >= 15 is 0 Å². The highest BCUT2D eigenvalue weighted by atomic mass is 16.3. The molecule has 0 spiro atoms. The Morgan fingerprint density at radius 1 is 1.44 bits per heavy atom. The maximum atomic E-state index is 12.5. The van der Waals surface area contributed by atoms with Gasteiger partial charge in [0.1, 0.15) is 11.6 Å². The maximum Gasteiger partial charge on any atom is 0.239 e. The number of anilines is 1. The monoisotopic (exact) mass is 341 g/mol. The lowest BCUT2D eigenvalue weighted by atomic mass is 10.2. The Labute approximate surface area is 147 Å². The first kappa shape index (κ1) is 17.2. The molecule has 132 valence electrons. The minimum atomic E-state index is -0.107. The number of hydrogen-bond donors (Lipinski definition) is 1. The highest BCUT2D eigenvalue weighted by Gasteiger charge is 2.21. The fourth-order valence-electron chi connectivity index (χ4n) is 3.28. The van der Waals surface area contributed by atoms with Gasteiger partial charge in [0.05, 0.1) is 37.7 Å². The Morgan fingerprint density at radius 2 is 2.28 bits per heavy atom. The quantitative estimate of drug-likeness (QED) is 0.797. The molecule has 0 radical (unpaired) electrons. The van der Waals surface area contributed by atoms with E-state index in [1.54, 1.807) is 12.5 Å². The number of nitriles is 1. The van der Waals surface area contributed by atoms with E-state index in [9.17, 15) is 4.79 Å². The van der Waals surface area contributed by atoms with E-state index in [1.165, 1.54) is 12.8 Å². The highest BCUT2D eigenvalue weighted by molar-refractivity contribution is 5.91. The summed E-state index contributed by atoms with van der Waals surface area (Å²) in [6.45, 7) is 1.23. The lowest BCUT2D eigenvalue weighted by Crippen LogP contribution is -2.34. The molecule has 2 heterocycles. The van der Waals surface area contributed by atoms with Crippen molar-refractivity contribution in [3.63, 3.8) is 0 Å². The van der Waals surface area contributed by atoms with Gasteiger partial charge in [-0.3, -0.25) is 9.69 Å². The zero-order chi connectivity index (χ0) is 17.5. The molecule has 1 amide bonds. The molecule has 7 nitrogen and oxygen atoms in total. The number of aromatic nitrogens is 2. The average Bonchev–Trinajstić information content (AvgIpc) is 3.34. The number of furan rings is 1. The minimum absolute atomic E-state index is 0.107. The van der Waals surface area contributed by atoms with Gasteiger partial charge in [-0.25, -0.2) is 4.68 Å². The van der Waals surface area contributed by atoms with Gasteiger partial charge < -0.3 is 9.73 Å². The topological polar surface area (TPSA) is 87.1 Å². The van der Waals surface area contributed by atoms with Crippen LogP contribution in [0.2, 0.25) is 0 Å². The van der Waals surface area contributed by atoms with E-state index in [-0.39, 0.29) is 12.5 Å². The first-order valence-corrected chi connectivity index (χ1v) is 8.71. The van der Waals surface area contributed by atoms with Crippen LogP contribution < -0.4 is 5.32 Å². The third-order valence-corrected chi connectivity index (χ3v) is 4.47. The van der Waals surface area contributed by atoms with Crippen molar-refractivity contribution < 1.29 is 9.21 Å². The smallest absolute Gasteiger partial charge is 0.239 e. The van der Waals surface area contributed by atoms with Crippen molar-refractivity contribution in [2.75, 3.05) is 18.4 Å². The zero-order valence-electron chi connectivity index (χ0n) is 14.2. The Balaban J connectivity index is 1.59. The Kier molecular flexibility index (Phi) is 5.86. The Morgan fingerprint density at radius 3 is 3.00 bits per heavy atom. The normalized spacial score (nSPS) is 14.7. The number of nitrogens with one attached hydrogen (secondary N) is 1. The van der Waals surface area contributed by atoms with Gasteiger partial charge in [0.25, 0.3) is 0 Å². The number of hydrogen-bond acceptors (Lipinski definition) is 5. The Bertz CT molecular complexity index is 710. The summed E-state index contributed by atoms with van der Waals surface area (Å²) in [7, 11) is 0. The second kappa shape index (κ2) is 8.49. The molecule has 1 saturated carbocycles. The zero-order valence-corrected chi connectivity index (χ0v) is 14.2. The van der Waals surface area contributed by atoms with Gasteiger partial charge in [0.2, 0.25) is 5.91 Å². The third kappa shape index (κ3) is 4.70. The fourth-order valence-corrected chi connectivity index (χ4v) is 3.28. The Hall–Kier alpha value is -2.59. The van der Waals surface area contributed by atoms with Crippen LogP contribution in [-0.4, -0.2) is 33.7 Å². The molecule has 2 aromatic heterocycles. The summed E-state index contributed by atoms with van der Waals surface area (Å²) in [6, 6.07) is 8.02. The van der Waals surface area contributed by atoms with Crippen LogP contribution in [0, 0.1) is 11.3 Å². The van der Waals surface area contributed by atoms with Crippen molar-refractivity contribution in [2.45, 2.75) is 44.7 Å². The molecule has 7 heteroatoms. The molecule has 0 atom stereocenters. The summed E-state index contributed by atoms with van der Waals surface area (Å²) in [5, 5.41) is 16.2. The van der Waals surface area contributed by atoms with Crippen LogP contribution in [0.25, 0.3) is 0 Å². The van der Waals surface area contributed by atoms with Gasteiger partial charge in [-0.15, -0.1) is 0 Å². The first-order valence-electron chi connectivity index (χ1n) is 8.71. The first-order chi connectivity index (χ1) is 12.3. The van der Waals surface area contributed by atoms with Crippen LogP contribution in [0.1, 0.15) is 43.9 Å². The molecule has 25 heavy (non-hydrogen) atoms. The summed E-state index contributed by atoms with van der Waals surface area (Å²) in [4.78, 5) is 14.4. The molecule has 1 N–H and O–H groups in total. The van der Waals surface area contributed by atoms with Crippen LogP contribution in [0.4, 0.5) is 5.82 Å². The van der Waals surface area contributed by atoms with E-state index in [0.717, 1.165) is 24.4 Å². The van der Waals surface area contributed by atoms with E-state index in [1.807, 2.05) is 27.8 Å². The number of nitrogens with zero attached hydrogens (tertiary/aromatic N) is 4. The van der Waals surface area contributed by atoms with Crippen molar-refractivity contribution in [3.8, 4) is 6.07 Å². The van der Waals surface area contributed by atoms with Crippen molar-refractivity contribution in [1.82, 2.24) is 14.7 Å². The lowest BCUT2D eigenvalue weighted by molar-refractivity contribution is -0.117. The van der Waals surface area contributed by atoms with Gasteiger partial charge in [-0.05, 0) is 25.0 Å². The molecule has 3 rings (SSSR count). The van der Waals surface area contributed by atoms with Gasteiger partial charge in [0, 0.05) is 19.0 Å². The summed E-state index contributed by atoms with van der Waals surface area (Å²) in [5.41, 5.74) is 0. The summed E-state index contributed by atoms with van der Waals surface area (Å²) < 4.78 is 7.28. The molecule has 0 aromatic carbocycles. The maximum absolute atomic E-state index is 12.5. The minimum Gasteiger partial charge on any atom is -0.468 e. The van der Waals surface area contributed by atoms with Crippen LogP contribution in [-0.2, 0) is 11.3 Å². The van der Waals surface area contributed by atoms with Gasteiger partial charge in [-0.2, -0.15) is 10.4 Å². The van der Waals surface area contributed by atoms with Crippen LogP contribution >= 0.6 is 0 Å². The molecular formula is C18H23N5O2. The second-order valence-corrected chi connectivity index (χ2v) is 6.35. The molecular weight excluding hydrogens is 318 g/mol. The number of carbonyl (C=O) groups excluding carboxylic acids is 1. The highest BCUT2D eigenvalue weighted by Crippen LogP contribution is 2.31. The molecule has 0 saturated heterocycles. The molecule has 2 aromatic rings. The van der Waals surface area contributed by atoms with Crippen molar-refractivity contribution in [1.29, 1.82) is 5.26 Å². The van der Waals surface area contributed by atoms with Gasteiger partial charge in [0.15, 0.2) is 0 Å². The number of amides is 1. The molecule has 0 aliphatic heterocycles. The summed E-state index contributed by atoms with van der Waals surface area (Å²) in [5.74, 6) is 1.42. The SMILES string of the molecule is N#CCCN(CC(=O)Nc1ccnn1C1CCCC1)Cc1ccco1. The molecule has 1 aliphatic carbocycles. The van der Waals surface area contributed by atoms with Crippen LogP contribution in [0.3, 0.4) is 0 Å². The number of rotatable bonds is 8. The van der Waals surface area contributed by atoms with Crippen LogP contribution in [0.5, 0.6) is 0 Å². The molecule has 0 unspecified atom stereocenters. The summed E-state index contributed by atoms with van der Waals surface area (Å²) >= 11 is 0. The van der Waals surface area contributed by atoms with Gasteiger partial charge in [-0.1, -0.05) is 12.8 Å².